The van der Waals surface area contributed by atoms with Crippen molar-refractivity contribution in [1.29, 1.82) is 0 Å². The Bertz CT molecular complexity index is 183. The van der Waals surface area contributed by atoms with Crippen molar-refractivity contribution in [2.24, 2.45) is 11.3 Å². The number of nitrogens with one attached hydrogen (secondary N) is 1. The van der Waals surface area contributed by atoms with Gasteiger partial charge in [0.15, 0.2) is 0 Å². The first-order chi connectivity index (χ1) is 5.40. The van der Waals surface area contributed by atoms with Crippen LogP contribution in [0.3, 0.4) is 0 Å². The number of carbonyl (C=O) groups is 1. The highest BCUT2D eigenvalue weighted by Crippen LogP contribution is 2.27. The van der Waals surface area contributed by atoms with Crippen molar-refractivity contribution in [2.45, 2.75) is 33.3 Å². The van der Waals surface area contributed by atoms with Gasteiger partial charge in [0, 0.05) is 12.5 Å². The molecule has 0 aromatic heterocycles. The zero-order valence-corrected chi connectivity index (χ0v) is 7.92. The first-order valence-corrected chi connectivity index (χ1v) is 4.36. The standard InChI is InChI=1S/C9H17NO2/c1-9(2,3)4-6-5-10-8(12)7(6)11/h6-7,11H,4-5H2,1-3H3,(H,10,12). The summed E-state index contributed by atoms with van der Waals surface area (Å²) in [7, 11) is 0. The third-order valence-corrected chi connectivity index (χ3v) is 2.13. The molecule has 0 saturated carbocycles. The summed E-state index contributed by atoms with van der Waals surface area (Å²) in [6.07, 6.45) is 0.0941. The summed E-state index contributed by atoms with van der Waals surface area (Å²) < 4.78 is 0. The smallest absolute Gasteiger partial charge is 0.249 e. The predicted octanol–water partition coefficient (Wildman–Crippen LogP) is 0.529. The van der Waals surface area contributed by atoms with Crippen molar-refractivity contribution in [2.75, 3.05) is 6.54 Å². The third-order valence-electron chi connectivity index (χ3n) is 2.13. The molecular weight excluding hydrogens is 154 g/mol. The van der Waals surface area contributed by atoms with Crippen LogP contribution in [0.25, 0.3) is 0 Å². The van der Waals surface area contributed by atoms with Crippen LogP contribution in [0.4, 0.5) is 0 Å². The van der Waals surface area contributed by atoms with Crippen LogP contribution in [0, 0.1) is 11.3 Å². The van der Waals surface area contributed by atoms with Gasteiger partial charge < -0.3 is 10.4 Å². The van der Waals surface area contributed by atoms with E-state index in [2.05, 4.69) is 26.1 Å². The average molecular weight is 171 g/mol. The molecule has 70 valence electrons. The minimum atomic E-state index is -0.788. The fourth-order valence-corrected chi connectivity index (χ4v) is 1.63. The van der Waals surface area contributed by atoms with Gasteiger partial charge in [0.05, 0.1) is 0 Å². The zero-order chi connectivity index (χ0) is 9.35. The van der Waals surface area contributed by atoms with Crippen LogP contribution in [0.1, 0.15) is 27.2 Å². The first kappa shape index (κ1) is 9.52. The van der Waals surface area contributed by atoms with Gasteiger partial charge in [-0.25, -0.2) is 0 Å². The minimum absolute atomic E-state index is 0.0949. The Labute approximate surface area is 73.2 Å². The van der Waals surface area contributed by atoms with Crippen LogP contribution in [-0.4, -0.2) is 23.7 Å². The second-order valence-electron chi connectivity index (χ2n) is 4.71. The summed E-state index contributed by atoms with van der Waals surface area (Å²) in [4.78, 5) is 10.9. The maximum absolute atomic E-state index is 10.9. The van der Waals surface area contributed by atoms with Crippen molar-refractivity contribution in [3.05, 3.63) is 0 Å². The number of hydrogen-bond donors (Lipinski definition) is 2. The third kappa shape index (κ3) is 2.21. The lowest BCUT2D eigenvalue weighted by molar-refractivity contribution is -0.127. The Morgan fingerprint density at radius 1 is 1.58 bits per heavy atom. The fourth-order valence-electron chi connectivity index (χ4n) is 1.63. The molecule has 0 radical (unpaired) electrons. The van der Waals surface area contributed by atoms with E-state index in [-0.39, 0.29) is 17.2 Å². The quantitative estimate of drug-likeness (QED) is 0.604. The molecular formula is C9H17NO2. The van der Waals surface area contributed by atoms with Crippen LogP contribution in [0.5, 0.6) is 0 Å². The van der Waals surface area contributed by atoms with Crippen molar-refractivity contribution < 1.29 is 9.90 Å². The molecule has 1 aliphatic heterocycles. The van der Waals surface area contributed by atoms with Gasteiger partial charge in [0.2, 0.25) is 5.91 Å². The first-order valence-electron chi connectivity index (χ1n) is 4.36. The largest absolute Gasteiger partial charge is 0.383 e. The highest BCUT2D eigenvalue weighted by Gasteiger charge is 2.34. The van der Waals surface area contributed by atoms with Gasteiger partial charge in [-0.05, 0) is 11.8 Å². The van der Waals surface area contributed by atoms with Gasteiger partial charge in [-0.15, -0.1) is 0 Å². The number of hydrogen-bond acceptors (Lipinski definition) is 2. The molecule has 0 aliphatic carbocycles. The molecule has 3 nitrogen and oxygen atoms in total. The molecule has 12 heavy (non-hydrogen) atoms. The number of amides is 1. The topological polar surface area (TPSA) is 49.3 Å². The molecule has 1 aliphatic rings. The monoisotopic (exact) mass is 171 g/mol. The lowest BCUT2D eigenvalue weighted by Crippen LogP contribution is -2.26. The molecule has 0 bridgehead atoms. The number of rotatable bonds is 1. The van der Waals surface area contributed by atoms with Gasteiger partial charge in [0.1, 0.15) is 6.10 Å². The normalized spacial score (nSPS) is 30.5. The van der Waals surface area contributed by atoms with Gasteiger partial charge in [-0.3, -0.25) is 4.79 Å². The van der Waals surface area contributed by atoms with Crippen LogP contribution >= 0.6 is 0 Å². The number of aliphatic hydroxyl groups is 1. The molecule has 1 fully saturated rings. The van der Waals surface area contributed by atoms with E-state index in [1.54, 1.807) is 0 Å². The van der Waals surface area contributed by atoms with Gasteiger partial charge in [0.25, 0.3) is 0 Å². The van der Waals surface area contributed by atoms with E-state index in [0.29, 0.717) is 6.54 Å². The van der Waals surface area contributed by atoms with Crippen molar-refractivity contribution >= 4 is 5.91 Å². The Hall–Kier alpha value is -0.570. The molecule has 0 spiro atoms. The molecule has 2 atom stereocenters. The molecule has 1 amide bonds. The molecule has 2 N–H and O–H groups in total. The molecule has 0 aromatic carbocycles. The highest BCUT2D eigenvalue weighted by molar-refractivity contribution is 5.83. The predicted molar refractivity (Wildman–Crippen MR) is 46.6 cm³/mol. The van der Waals surface area contributed by atoms with Crippen LogP contribution in [0.15, 0.2) is 0 Å². The Morgan fingerprint density at radius 2 is 2.17 bits per heavy atom. The summed E-state index contributed by atoms with van der Waals surface area (Å²) in [6, 6.07) is 0. The maximum atomic E-state index is 10.9. The Kier molecular flexibility index (Phi) is 2.42. The molecule has 1 heterocycles. The van der Waals surface area contributed by atoms with E-state index >= 15 is 0 Å². The summed E-state index contributed by atoms with van der Waals surface area (Å²) in [5.74, 6) is -0.123. The van der Waals surface area contributed by atoms with E-state index in [1.165, 1.54) is 0 Å². The van der Waals surface area contributed by atoms with E-state index in [1.807, 2.05) is 0 Å². The van der Waals surface area contributed by atoms with Crippen molar-refractivity contribution in [3.8, 4) is 0 Å². The van der Waals surface area contributed by atoms with Gasteiger partial charge in [-0.1, -0.05) is 20.8 Å². The van der Waals surface area contributed by atoms with Crippen molar-refractivity contribution in [1.82, 2.24) is 5.32 Å². The van der Waals surface area contributed by atoms with E-state index in [9.17, 15) is 9.90 Å². The Morgan fingerprint density at radius 3 is 2.50 bits per heavy atom. The number of carbonyl (C=O) groups excluding carboxylic acids is 1. The van der Waals surface area contributed by atoms with Crippen LogP contribution < -0.4 is 5.32 Å². The SMILES string of the molecule is CC(C)(C)CC1CNC(=O)C1O. The van der Waals surface area contributed by atoms with E-state index in [4.69, 9.17) is 0 Å². The summed E-state index contributed by atoms with van der Waals surface area (Å²) in [5, 5.41) is 12.1. The molecule has 1 rings (SSSR count). The lowest BCUT2D eigenvalue weighted by atomic mass is 9.83. The lowest BCUT2D eigenvalue weighted by Gasteiger charge is -2.23. The maximum Gasteiger partial charge on any atom is 0.249 e. The summed E-state index contributed by atoms with van der Waals surface area (Å²) in [6.45, 7) is 6.96. The van der Waals surface area contributed by atoms with E-state index in [0.717, 1.165) is 6.42 Å². The van der Waals surface area contributed by atoms with E-state index < -0.39 is 6.10 Å². The van der Waals surface area contributed by atoms with Crippen LogP contribution in [-0.2, 0) is 4.79 Å². The van der Waals surface area contributed by atoms with Crippen molar-refractivity contribution in [3.63, 3.8) is 0 Å². The molecule has 0 aromatic rings. The molecule has 3 heteroatoms. The van der Waals surface area contributed by atoms with Gasteiger partial charge >= 0.3 is 0 Å². The summed E-state index contributed by atoms with van der Waals surface area (Å²) in [5.41, 5.74) is 0.179. The Balaban J connectivity index is 2.50. The second-order valence-corrected chi connectivity index (χ2v) is 4.71. The number of aliphatic hydroxyl groups excluding tert-OH is 1. The molecule has 2 unspecified atom stereocenters. The van der Waals surface area contributed by atoms with Crippen LogP contribution in [0.2, 0.25) is 0 Å². The average Bonchev–Trinajstić information content (AvgIpc) is 2.16. The fraction of sp³-hybridized carbons (Fsp3) is 0.889. The summed E-state index contributed by atoms with van der Waals surface area (Å²) >= 11 is 0. The van der Waals surface area contributed by atoms with Gasteiger partial charge in [-0.2, -0.15) is 0 Å². The zero-order valence-electron chi connectivity index (χ0n) is 7.92. The second kappa shape index (κ2) is 3.05. The molecule has 1 saturated heterocycles. The minimum Gasteiger partial charge on any atom is -0.383 e. The highest BCUT2D eigenvalue weighted by atomic mass is 16.3.